The number of sulfonamides is 1. The third-order valence-corrected chi connectivity index (χ3v) is 8.02. The lowest BCUT2D eigenvalue weighted by Gasteiger charge is -2.16. The second kappa shape index (κ2) is 9.63. The van der Waals surface area contributed by atoms with Crippen LogP contribution in [0.4, 0.5) is 0 Å². The lowest BCUT2D eigenvalue weighted by atomic mass is 10.2. The number of carbonyl (C=O) groups excluding carboxylic acids is 1. The standard InChI is InChI=1S/C24H30N4O5S/c1-17(2)28-20-11-10-19(34(31,32)26-12-6-7-13-26)14-21(20)27(24(28)30)16-23(29)25-15-18-8-4-5-9-22(18)33-3/h4-5,8-11,14,17H,6-7,12-13,15-16H2,1-3H3,(H,25,29). The van der Waals surface area contributed by atoms with Gasteiger partial charge in [-0.15, -0.1) is 0 Å². The van der Waals surface area contributed by atoms with Crippen LogP contribution >= 0.6 is 0 Å². The number of para-hydroxylation sites is 1. The van der Waals surface area contributed by atoms with Gasteiger partial charge in [0, 0.05) is 31.2 Å². The lowest BCUT2D eigenvalue weighted by molar-refractivity contribution is -0.121. The fraction of sp³-hybridized carbons (Fsp3) is 0.417. The van der Waals surface area contributed by atoms with E-state index in [-0.39, 0.29) is 35.6 Å². The van der Waals surface area contributed by atoms with Gasteiger partial charge in [-0.1, -0.05) is 18.2 Å². The van der Waals surface area contributed by atoms with Gasteiger partial charge >= 0.3 is 5.69 Å². The first-order chi connectivity index (χ1) is 16.2. The van der Waals surface area contributed by atoms with Crippen LogP contribution in [0, 0.1) is 0 Å². The Hall–Kier alpha value is -3.11. The van der Waals surface area contributed by atoms with E-state index in [1.165, 1.54) is 14.9 Å². The van der Waals surface area contributed by atoms with Gasteiger partial charge in [0.05, 0.1) is 23.0 Å². The largest absolute Gasteiger partial charge is 0.496 e. The quantitative estimate of drug-likeness (QED) is 0.527. The average Bonchev–Trinajstić information content (AvgIpc) is 3.45. The Morgan fingerprint density at radius 2 is 1.79 bits per heavy atom. The molecule has 34 heavy (non-hydrogen) atoms. The number of ether oxygens (including phenoxy) is 1. The molecule has 1 aliphatic rings. The predicted molar refractivity (Wildman–Crippen MR) is 129 cm³/mol. The number of fused-ring (bicyclic) bond motifs is 1. The number of hydrogen-bond donors (Lipinski definition) is 1. The topological polar surface area (TPSA) is 103 Å². The van der Waals surface area contributed by atoms with Gasteiger partial charge in [-0.2, -0.15) is 4.31 Å². The molecule has 4 rings (SSSR count). The van der Waals surface area contributed by atoms with Crippen LogP contribution in [-0.4, -0.2) is 48.0 Å². The molecule has 1 fully saturated rings. The molecule has 1 amide bonds. The highest BCUT2D eigenvalue weighted by Gasteiger charge is 2.28. The Balaban J connectivity index is 1.67. The lowest BCUT2D eigenvalue weighted by Crippen LogP contribution is -2.33. The molecule has 2 heterocycles. The molecule has 1 aliphatic heterocycles. The molecule has 0 aliphatic carbocycles. The van der Waals surface area contributed by atoms with E-state index in [4.69, 9.17) is 4.74 Å². The summed E-state index contributed by atoms with van der Waals surface area (Å²) in [5, 5.41) is 2.83. The first-order valence-electron chi connectivity index (χ1n) is 11.4. The molecule has 1 aromatic heterocycles. The van der Waals surface area contributed by atoms with Crippen LogP contribution < -0.4 is 15.7 Å². The van der Waals surface area contributed by atoms with Crippen molar-refractivity contribution in [3.05, 3.63) is 58.5 Å². The molecule has 10 heteroatoms. The fourth-order valence-corrected chi connectivity index (χ4v) is 5.93. The number of nitrogens with zero attached hydrogens (tertiary/aromatic N) is 3. The number of carbonyl (C=O) groups is 1. The van der Waals surface area contributed by atoms with Crippen molar-refractivity contribution in [2.45, 2.75) is 50.7 Å². The summed E-state index contributed by atoms with van der Waals surface area (Å²) in [7, 11) is -2.09. The Labute approximate surface area is 199 Å². The van der Waals surface area contributed by atoms with Crippen molar-refractivity contribution in [2.24, 2.45) is 0 Å². The Bertz CT molecular complexity index is 1370. The molecular weight excluding hydrogens is 456 g/mol. The monoisotopic (exact) mass is 486 g/mol. The first kappa shape index (κ1) is 24.0. The van der Waals surface area contributed by atoms with Gasteiger partial charge in [0.1, 0.15) is 12.3 Å². The number of benzene rings is 2. The van der Waals surface area contributed by atoms with E-state index >= 15 is 0 Å². The van der Waals surface area contributed by atoms with E-state index in [2.05, 4.69) is 5.32 Å². The van der Waals surface area contributed by atoms with Crippen molar-refractivity contribution >= 4 is 27.0 Å². The van der Waals surface area contributed by atoms with Crippen LogP contribution in [0.2, 0.25) is 0 Å². The van der Waals surface area contributed by atoms with E-state index in [1.807, 2.05) is 38.1 Å². The molecule has 9 nitrogen and oxygen atoms in total. The van der Waals surface area contributed by atoms with E-state index < -0.39 is 10.0 Å². The maximum Gasteiger partial charge on any atom is 0.329 e. The Kier molecular flexibility index (Phi) is 6.81. The van der Waals surface area contributed by atoms with Crippen molar-refractivity contribution in [3.63, 3.8) is 0 Å². The van der Waals surface area contributed by atoms with Crippen molar-refractivity contribution in [1.29, 1.82) is 0 Å². The highest BCUT2D eigenvalue weighted by Crippen LogP contribution is 2.25. The maximum atomic E-state index is 13.2. The molecule has 0 bridgehead atoms. The summed E-state index contributed by atoms with van der Waals surface area (Å²) in [6.45, 7) is 4.76. The van der Waals surface area contributed by atoms with Crippen LogP contribution in [-0.2, 0) is 27.9 Å². The summed E-state index contributed by atoms with van der Waals surface area (Å²) in [5.41, 5.74) is 1.48. The van der Waals surface area contributed by atoms with Gasteiger partial charge in [-0.05, 0) is 51.0 Å². The van der Waals surface area contributed by atoms with E-state index in [0.29, 0.717) is 29.9 Å². The molecule has 0 saturated carbocycles. The predicted octanol–water partition coefficient (Wildman–Crippen LogP) is 2.49. The summed E-state index contributed by atoms with van der Waals surface area (Å²) in [6.07, 6.45) is 1.67. The second-order valence-electron chi connectivity index (χ2n) is 8.68. The third-order valence-electron chi connectivity index (χ3n) is 6.12. The number of nitrogens with one attached hydrogen (secondary N) is 1. The van der Waals surface area contributed by atoms with Gasteiger partial charge in [-0.3, -0.25) is 13.9 Å². The van der Waals surface area contributed by atoms with E-state index in [1.54, 1.807) is 23.8 Å². The van der Waals surface area contributed by atoms with Gasteiger partial charge in [0.15, 0.2) is 0 Å². The summed E-state index contributed by atoms with van der Waals surface area (Å²) < 4.78 is 35.9. The summed E-state index contributed by atoms with van der Waals surface area (Å²) in [5.74, 6) is 0.303. The van der Waals surface area contributed by atoms with Crippen molar-refractivity contribution in [3.8, 4) is 5.75 Å². The zero-order valence-electron chi connectivity index (χ0n) is 19.7. The van der Waals surface area contributed by atoms with Crippen molar-refractivity contribution < 1.29 is 17.9 Å². The van der Waals surface area contributed by atoms with E-state index in [9.17, 15) is 18.0 Å². The normalized spacial score (nSPS) is 14.7. The van der Waals surface area contributed by atoms with Crippen molar-refractivity contribution in [2.75, 3.05) is 20.2 Å². The van der Waals surface area contributed by atoms with Crippen LogP contribution in [0.15, 0.2) is 52.2 Å². The highest BCUT2D eigenvalue weighted by atomic mass is 32.2. The van der Waals surface area contributed by atoms with Gasteiger partial charge in [-0.25, -0.2) is 13.2 Å². The van der Waals surface area contributed by atoms with Gasteiger partial charge in [0.25, 0.3) is 0 Å². The molecule has 2 aromatic carbocycles. The SMILES string of the molecule is COc1ccccc1CNC(=O)Cn1c(=O)n(C(C)C)c2ccc(S(=O)(=O)N3CCCC3)cc21. The number of aromatic nitrogens is 2. The molecular formula is C24H30N4O5S. The van der Waals surface area contributed by atoms with Crippen molar-refractivity contribution in [1.82, 2.24) is 18.8 Å². The minimum absolute atomic E-state index is 0.131. The first-order valence-corrected chi connectivity index (χ1v) is 12.8. The van der Waals surface area contributed by atoms with Crippen LogP contribution in [0.1, 0.15) is 38.3 Å². The van der Waals surface area contributed by atoms with Crippen LogP contribution in [0.25, 0.3) is 11.0 Å². The minimum atomic E-state index is -3.66. The number of amides is 1. The molecule has 1 N–H and O–H groups in total. The zero-order chi connectivity index (χ0) is 24.5. The Morgan fingerprint density at radius 3 is 2.47 bits per heavy atom. The fourth-order valence-electron chi connectivity index (χ4n) is 4.39. The molecule has 3 aromatic rings. The second-order valence-corrected chi connectivity index (χ2v) is 10.6. The minimum Gasteiger partial charge on any atom is -0.496 e. The molecule has 0 atom stereocenters. The molecule has 1 saturated heterocycles. The smallest absolute Gasteiger partial charge is 0.329 e. The zero-order valence-corrected chi connectivity index (χ0v) is 20.5. The summed E-state index contributed by atoms with van der Waals surface area (Å²) in [4.78, 5) is 26.2. The number of imidazole rings is 1. The Morgan fingerprint density at radius 1 is 1.09 bits per heavy atom. The molecule has 182 valence electrons. The van der Waals surface area contributed by atoms with Crippen LogP contribution in [0.5, 0.6) is 5.75 Å². The molecule has 0 spiro atoms. The molecule has 0 radical (unpaired) electrons. The maximum absolute atomic E-state index is 13.2. The highest BCUT2D eigenvalue weighted by molar-refractivity contribution is 7.89. The summed E-state index contributed by atoms with van der Waals surface area (Å²) >= 11 is 0. The summed E-state index contributed by atoms with van der Waals surface area (Å²) in [6, 6.07) is 11.9. The number of rotatable bonds is 8. The van der Waals surface area contributed by atoms with Crippen LogP contribution in [0.3, 0.4) is 0 Å². The van der Waals surface area contributed by atoms with Gasteiger partial charge in [0.2, 0.25) is 15.9 Å². The third kappa shape index (κ3) is 4.47. The average molecular weight is 487 g/mol. The van der Waals surface area contributed by atoms with Gasteiger partial charge < -0.3 is 10.1 Å². The number of hydrogen-bond acceptors (Lipinski definition) is 5. The van der Waals surface area contributed by atoms with E-state index in [0.717, 1.165) is 18.4 Å². The molecule has 0 unspecified atom stereocenters. The number of methoxy groups -OCH3 is 1.